The fraction of sp³-hybridized carbons (Fsp3) is 0.120. The van der Waals surface area contributed by atoms with Crippen LogP contribution in [0.25, 0.3) is 22.3 Å². The largest absolute Gasteiger partial charge is 0.436 e. The Morgan fingerprint density at radius 3 is 2.41 bits per heavy atom. The van der Waals surface area contributed by atoms with E-state index in [-0.39, 0.29) is 0 Å². The molecule has 1 N–H and O–H groups in total. The minimum Gasteiger partial charge on any atom is -0.436 e. The first-order valence-electron chi connectivity index (χ1n) is 10.5. The summed E-state index contributed by atoms with van der Waals surface area (Å²) in [4.78, 5) is 13.6. The van der Waals surface area contributed by atoms with Crippen molar-refractivity contribution >= 4 is 22.8 Å². The number of benzene rings is 2. The van der Waals surface area contributed by atoms with Gasteiger partial charge in [0.2, 0.25) is 5.95 Å². The third-order valence-corrected chi connectivity index (χ3v) is 5.37. The first-order chi connectivity index (χ1) is 16.5. The summed E-state index contributed by atoms with van der Waals surface area (Å²) >= 11 is 0. The van der Waals surface area contributed by atoms with Crippen molar-refractivity contribution in [3.63, 3.8) is 0 Å². The molecule has 0 amide bonds. The molecule has 0 aliphatic heterocycles. The SMILES string of the molecule is Cc1cc(-c2ccnnc2)cc(C)c1Oc1nc(Nc2ccc(C#N)cc2)nc2c1ncn2C. The molecule has 3 aromatic heterocycles. The van der Waals surface area contributed by atoms with Crippen LogP contribution in [-0.4, -0.2) is 29.7 Å². The van der Waals surface area contributed by atoms with Gasteiger partial charge in [-0.3, -0.25) is 0 Å². The molecule has 0 fully saturated rings. The van der Waals surface area contributed by atoms with E-state index in [4.69, 9.17) is 10.00 Å². The van der Waals surface area contributed by atoms with Crippen LogP contribution >= 0.6 is 0 Å². The lowest BCUT2D eigenvalue weighted by molar-refractivity contribution is 0.461. The molecule has 0 spiro atoms. The van der Waals surface area contributed by atoms with Crippen molar-refractivity contribution < 1.29 is 4.74 Å². The van der Waals surface area contributed by atoms with Crippen LogP contribution in [0, 0.1) is 25.2 Å². The van der Waals surface area contributed by atoms with Crippen LogP contribution in [0.5, 0.6) is 11.6 Å². The van der Waals surface area contributed by atoms with Gasteiger partial charge < -0.3 is 14.6 Å². The fourth-order valence-electron chi connectivity index (χ4n) is 3.70. The van der Waals surface area contributed by atoms with Crippen LogP contribution in [0.15, 0.2) is 61.2 Å². The summed E-state index contributed by atoms with van der Waals surface area (Å²) < 4.78 is 8.15. The highest BCUT2D eigenvalue weighted by atomic mass is 16.5. The third-order valence-electron chi connectivity index (χ3n) is 5.37. The summed E-state index contributed by atoms with van der Waals surface area (Å²) in [6.45, 7) is 3.99. The molecule has 34 heavy (non-hydrogen) atoms. The van der Waals surface area contributed by atoms with E-state index in [0.29, 0.717) is 34.3 Å². The minimum atomic E-state index is 0.353. The Hall–Kier alpha value is -4.84. The van der Waals surface area contributed by atoms with E-state index < -0.39 is 0 Å². The molecule has 0 radical (unpaired) electrons. The van der Waals surface area contributed by atoms with Gasteiger partial charge in [0.25, 0.3) is 5.88 Å². The number of rotatable bonds is 5. The molecule has 5 rings (SSSR count). The average Bonchev–Trinajstić information content (AvgIpc) is 3.23. The number of hydrogen-bond acceptors (Lipinski definition) is 8. The second kappa shape index (κ2) is 8.60. The quantitative estimate of drug-likeness (QED) is 0.406. The molecular weight excluding hydrogens is 428 g/mol. The number of hydrogen-bond donors (Lipinski definition) is 1. The first-order valence-corrected chi connectivity index (χ1v) is 10.5. The lowest BCUT2D eigenvalue weighted by atomic mass is 10.0. The molecule has 9 heteroatoms. The third kappa shape index (κ3) is 4.00. The van der Waals surface area contributed by atoms with Gasteiger partial charge in [-0.15, -0.1) is 0 Å². The Morgan fingerprint density at radius 1 is 0.971 bits per heavy atom. The number of fused-ring (bicyclic) bond motifs is 1. The number of nitrogens with zero attached hydrogens (tertiary/aromatic N) is 7. The number of anilines is 2. The molecule has 0 saturated carbocycles. The van der Waals surface area contributed by atoms with Crippen LogP contribution in [0.3, 0.4) is 0 Å². The van der Waals surface area contributed by atoms with Crippen molar-refractivity contribution in [1.29, 1.82) is 5.26 Å². The minimum absolute atomic E-state index is 0.353. The van der Waals surface area contributed by atoms with E-state index >= 15 is 0 Å². The summed E-state index contributed by atoms with van der Waals surface area (Å²) in [5.74, 6) is 1.43. The number of nitriles is 1. The van der Waals surface area contributed by atoms with Crippen molar-refractivity contribution in [2.75, 3.05) is 5.32 Å². The van der Waals surface area contributed by atoms with Gasteiger partial charge in [0.15, 0.2) is 11.2 Å². The monoisotopic (exact) mass is 448 g/mol. The molecular formula is C25H20N8O. The maximum Gasteiger partial charge on any atom is 0.252 e. The van der Waals surface area contributed by atoms with Gasteiger partial charge in [0.1, 0.15) is 5.75 Å². The molecule has 9 nitrogen and oxygen atoms in total. The Labute approximate surface area is 195 Å². The Kier molecular flexibility index (Phi) is 5.32. The van der Waals surface area contributed by atoms with Crippen LogP contribution in [-0.2, 0) is 7.05 Å². The van der Waals surface area contributed by atoms with Crippen molar-refractivity contribution in [2.24, 2.45) is 7.05 Å². The van der Waals surface area contributed by atoms with E-state index in [9.17, 15) is 0 Å². The normalized spacial score (nSPS) is 10.8. The molecule has 2 aromatic carbocycles. The van der Waals surface area contributed by atoms with Crippen LogP contribution in [0.1, 0.15) is 16.7 Å². The van der Waals surface area contributed by atoms with Gasteiger partial charge in [-0.25, -0.2) is 4.98 Å². The maximum absolute atomic E-state index is 9.02. The highest BCUT2D eigenvalue weighted by Gasteiger charge is 2.17. The number of aromatic nitrogens is 6. The number of ether oxygens (including phenoxy) is 1. The van der Waals surface area contributed by atoms with Crippen molar-refractivity contribution in [3.8, 4) is 28.8 Å². The summed E-state index contributed by atoms with van der Waals surface area (Å²) in [7, 11) is 1.87. The molecule has 166 valence electrons. The van der Waals surface area contributed by atoms with Gasteiger partial charge in [0.05, 0.1) is 30.4 Å². The predicted octanol–water partition coefficient (Wildman–Crippen LogP) is 4.84. The van der Waals surface area contributed by atoms with Crippen molar-refractivity contribution in [1.82, 2.24) is 29.7 Å². The van der Waals surface area contributed by atoms with E-state index in [2.05, 4.69) is 36.5 Å². The zero-order valence-electron chi connectivity index (χ0n) is 18.8. The molecule has 0 atom stereocenters. The van der Waals surface area contributed by atoms with Crippen LogP contribution in [0.4, 0.5) is 11.6 Å². The zero-order chi connectivity index (χ0) is 23.7. The maximum atomic E-state index is 9.02. The molecule has 3 heterocycles. The van der Waals surface area contributed by atoms with E-state index in [0.717, 1.165) is 27.9 Å². The van der Waals surface area contributed by atoms with E-state index in [1.807, 2.05) is 43.7 Å². The molecule has 0 aliphatic carbocycles. The topological polar surface area (TPSA) is 114 Å². The van der Waals surface area contributed by atoms with Crippen LogP contribution in [0.2, 0.25) is 0 Å². The Balaban J connectivity index is 1.53. The Bertz CT molecular complexity index is 1510. The van der Waals surface area contributed by atoms with Gasteiger partial charge >= 0.3 is 0 Å². The highest BCUT2D eigenvalue weighted by Crippen LogP contribution is 2.35. The molecule has 5 aromatic rings. The van der Waals surface area contributed by atoms with Gasteiger partial charge in [-0.1, -0.05) is 0 Å². The summed E-state index contributed by atoms with van der Waals surface area (Å²) in [5, 5.41) is 20.0. The standard InChI is InChI=1S/C25H20N8O/c1-15-10-19(18-8-9-28-29-13-18)11-16(2)22(15)34-24-21-23(33(3)14-27-21)31-25(32-24)30-20-6-4-17(12-26)5-7-20/h4-11,13-14H,1-3H3,(H,30,31,32). The van der Waals surface area contributed by atoms with Gasteiger partial charge in [0, 0.05) is 18.3 Å². The zero-order valence-corrected chi connectivity index (χ0v) is 18.8. The predicted molar refractivity (Wildman–Crippen MR) is 128 cm³/mol. The van der Waals surface area contributed by atoms with Gasteiger partial charge in [-0.2, -0.15) is 25.4 Å². The second-order valence-corrected chi connectivity index (χ2v) is 7.87. The van der Waals surface area contributed by atoms with E-state index in [1.165, 1.54) is 0 Å². The molecule has 0 bridgehead atoms. The number of nitrogens with one attached hydrogen (secondary N) is 1. The smallest absolute Gasteiger partial charge is 0.252 e. The summed E-state index contributed by atoms with van der Waals surface area (Å²) in [6.07, 6.45) is 5.08. The summed E-state index contributed by atoms with van der Waals surface area (Å²) in [6, 6.07) is 15.2. The lowest BCUT2D eigenvalue weighted by Crippen LogP contribution is -2.02. The van der Waals surface area contributed by atoms with Crippen molar-refractivity contribution in [3.05, 3.63) is 77.9 Å². The average molecular weight is 448 g/mol. The fourth-order valence-corrected chi connectivity index (χ4v) is 3.70. The van der Waals surface area contributed by atoms with Gasteiger partial charge in [-0.05, 0) is 73.0 Å². The van der Waals surface area contributed by atoms with Crippen molar-refractivity contribution in [2.45, 2.75) is 13.8 Å². The number of imidazole rings is 1. The Morgan fingerprint density at radius 2 is 1.74 bits per heavy atom. The van der Waals surface area contributed by atoms with E-state index in [1.54, 1.807) is 43.0 Å². The second-order valence-electron chi connectivity index (χ2n) is 7.87. The molecule has 0 saturated heterocycles. The highest BCUT2D eigenvalue weighted by molar-refractivity contribution is 5.79. The molecule has 0 unspecified atom stereocenters. The van der Waals surface area contributed by atoms with Crippen LogP contribution < -0.4 is 10.1 Å². The number of aryl methyl sites for hydroxylation is 3. The first kappa shape index (κ1) is 21.0. The molecule has 0 aliphatic rings. The lowest BCUT2D eigenvalue weighted by Gasteiger charge is -2.14. The summed E-state index contributed by atoms with van der Waals surface area (Å²) in [5.41, 5.74) is 6.46.